The Morgan fingerprint density at radius 1 is 1.53 bits per heavy atom. The molecule has 0 fully saturated rings. The molecule has 4 nitrogen and oxygen atoms in total. The second-order valence-electron chi connectivity index (χ2n) is 2.84. The summed E-state index contributed by atoms with van der Waals surface area (Å²) >= 11 is 1.54. The summed E-state index contributed by atoms with van der Waals surface area (Å²) in [5, 5.41) is 2.82. The molecule has 1 rings (SSSR count). The standard InChI is InChI=1S/C7H10F3N3OS/c1-15-3-2-4(11)5-12-6(13-14-5)7(8,9)10/h4H,2-3,11H2,1H3. The van der Waals surface area contributed by atoms with E-state index in [9.17, 15) is 13.2 Å². The van der Waals surface area contributed by atoms with Crippen LogP contribution in [0.1, 0.15) is 24.2 Å². The van der Waals surface area contributed by atoms with Gasteiger partial charge in [-0.1, -0.05) is 5.16 Å². The van der Waals surface area contributed by atoms with E-state index < -0.39 is 18.0 Å². The Morgan fingerprint density at radius 3 is 2.67 bits per heavy atom. The Bertz CT molecular complexity index is 315. The van der Waals surface area contributed by atoms with Crippen LogP contribution in [0.25, 0.3) is 0 Å². The van der Waals surface area contributed by atoms with E-state index in [1.165, 1.54) is 0 Å². The number of hydrogen-bond donors (Lipinski definition) is 1. The van der Waals surface area contributed by atoms with Gasteiger partial charge in [0, 0.05) is 0 Å². The van der Waals surface area contributed by atoms with Crippen LogP contribution >= 0.6 is 11.8 Å². The van der Waals surface area contributed by atoms with Gasteiger partial charge in [0.1, 0.15) is 0 Å². The zero-order chi connectivity index (χ0) is 11.5. The average Bonchev–Trinajstić information content (AvgIpc) is 2.62. The maximum absolute atomic E-state index is 12.1. The molecule has 0 bridgehead atoms. The average molecular weight is 241 g/mol. The van der Waals surface area contributed by atoms with Gasteiger partial charge in [0.05, 0.1) is 6.04 Å². The molecular weight excluding hydrogens is 231 g/mol. The smallest absolute Gasteiger partial charge is 0.337 e. The maximum atomic E-state index is 12.1. The van der Waals surface area contributed by atoms with Crippen molar-refractivity contribution >= 4 is 11.8 Å². The van der Waals surface area contributed by atoms with Crippen molar-refractivity contribution in [2.75, 3.05) is 12.0 Å². The first kappa shape index (κ1) is 12.3. The summed E-state index contributed by atoms with van der Waals surface area (Å²) in [4.78, 5) is 3.20. The van der Waals surface area contributed by atoms with E-state index in [0.717, 1.165) is 5.75 Å². The molecule has 15 heavy (non-hydrogen) atoms. The van der Waals surface area contributed by atoms with E-state index in [-0.39, 0.29) is 5.89 Å². The van der Waals surface area contributed by atoms with Crippen LogP contribution in [0.15, 0.2) is 4.52 Å². The van der Waals surface area contributed by atoms with Crippen LogP contribution < -0.4 is 5.73 Å². The molecule has 0 saturated carbocycles. The summed E-state index contributed by atoms with van der Waals surface area (Å²) in [6, 6.07) is -0.638. The van der Waals surface area contributed by atoms with Gasteiger partial charge in [0.25, 0.3) is 5.82 Å². The summed E-state index contributed by atoms with van der Waals surface area (Å²) < 4.78 is 40.7. The molecule has 1 heterocycles. The number of nitrogens with two attached hydrogens (primary N) is 1. The number of hydrogen-bond acceptors (Lipinski definition) is 5. The minimum absolute atomic E-state index is 0.170. The predicted octanol–water partition coefficient (Wildman–Crippen LogP) is 1.84. The molecule has 0 aromatic carbocycles. The normalized spacial score (nSPS) is 14.2. The fraction of sp³-hybridized carbons (Fsp3) is 0.714. The lowest BCUT2D eigenvalue weighted by atomic mass is 10.2. The summed E-state index contributed by atoms with van der Waals surface area (Å²) in [5.41, 5.74) is 5.56. The first-order chi connectivity index (χ1) is 6.95. The van der Waals surface area contributed by atoms with Crippen LogP contribution in [0.4, 0.5) is 13.2 Å². The van der Waals surface area contributed by atoms with Gasteiger partial charge in [-0.3, -0.25) is 0 Å². The van der Waals surface area contributed by atoms with Crippen molar-refractivity contribution in [3.63, 3.8) is 0 Å². The van der Waals surface area contributed by atoms with Crippen molar-refractivity contribution in [1.82, 2.24) is 10.1 Å². The Hall–Kier alpha value is -0.760. The molecule has 1 aromatic heterocycles. The van der Waals surface area contributed by atoms with Crippen molar-refractivity contribution in [2.24, 2.45) is 5.73 Å². The van der Waals surface area contributed by atoms with Gasteiger partial charge in [-0.2, -0.15) is 29.9 Å². The molecule has 0 radical (unpaired) electrons. The number of halogens is 3. The highest BCUT2D eigenvalue weighted by molar-refractivity contribution is 7.98. The van der Waals surface area contributed by atoms with Crippen molar-refractivity contribution in [1.29, 1.82) is 0 Å². The van der Waals surface area contributed by atoms with Crippen LogP contribution in [0, 0.1) is 0 Å². The van der Waals surface area contributed by atoms with Gasteiger partial charge in [-0.15, -0.1) is 0 Å². The lowest BCUT2D eigenvalue weighted by Gasteiger charge is -2.03. The maximum Gasteiger partial charge on any atom is 0.455 e. The van der Waals surface area contributed by atoms with Crippen LogP contribution in [-0.2, 0) is 6.18 Å². The Labute approximate surface area is 88.4 Å². The molecule has 0 spiro atoms. The SMILES string of the molecule is CSCCC(N)c1nc(C(F)(F)F)no1. The summed E-state index contributed by atoms with van der Waals surface area (Å²) in [6.07, 6.45) is -2.21. The first-order valence-electron chi connectivity index (χ1n) is 4.10. The highest BCUT2D eigenvalue weighted by atomic mass is 32.2. The third-order valence-electron chi connectivity index (χ3n) is 1.65. The third kappa shape index (κ3) is 3.38. The summed E-state index contributed by atoms with van der Waals surface area (Å²) in [6.45, 7) is 0. The van der Waals surface area contributed by atoms with Crippen molar-refractivity contribution < 1.29 is 17.7 Å². The van der Waals surface area contributed by atoms with Gasteiger partial charge < -0.3 is 10.3 Å². The zero-order valence-corrected chi connectivity index (χ0v) is 8.73. The number of rotatable bonds is 4. The second kappa shape index (κ2) is 4.84. The van der Waals surface area contributed by atoms with E-state index >= 15 is 0 Å². The van der Waals surface area contributed by atoms with E-state index in [2.05, 4.69) is 14.7 Å². The molecule has 8 heteroatoms. The summed E-state index contributed by atoms with van der Waals surface area (Å²) in [5.74, 6) is -0.723. The number of aromatic nitrogens is 2. The fourth-order valence-electron chi connectivity index (χ4n) is 0.869. The predicted molar refractivity (Wildman–Crippen MR) is 49.2 cm³/mol. The largest absolute Gasteiger partial charge is 0.455 e. The van der Waals surface area contributed by atoms with Gasteiger partial charge >= 0.3 is 6.18 Å². The number of alkyl halides is 3. The lowest BCUT2D eigenvalue weighted by molar-refractivity contribution is -0.146. The molecule has 0 aliphatic carbocycles. The van der Waals surface area contributed by atoms with Crippen LogP contribution in [-0.4, -0.2) is 22.1 Å². The van der Waals surface area contributed by atoms with Gasteiger partial charge in [0.15, 0.2) is 0 Å². The topological polar surface area (TPSA) is 64.9 Å². The number of nitrogens with zero attached hydrogens (tertiary/aromatic N) is 2. The van der Waals surface area contributed by atoms with E-state index in [4.69, 9.17) is 5.73 Å². The Kier molecular flexibility index (Phi) is 3.97. The third-order valence-corrected chi connectivity index (χ3v) is 2.29. The molecule has 1 aromatic rings. The van der Waals surface area contributed by atoms with E-state index in [0.29, 0.717) is 6.42 Å². The van der Waals surface area contributed by atoms with Crippen molar-refractivity contribution in [3.05, 3.63) is 11.7 Å². The van der Waals surface area contributed by atoms with Crippen LogP contribution in [0.3, 0.4) is 0 Å². The van der Waals surface area contributed by atoms with Crippen LogP contribution in [0.5, 0.6) is 0 Å². The first-order valence-corrected chi connectivity index (χ1v) is 5.50. The van der Waals surface area contributed by atoms with E-state index in [1.54, 1.807) is 11.8 Å². The lowest BCUT2D eigenvalue weighted by Crippen LogP contribution is -2.13. The highest BCUT2D eigenvalue weighted by Gasteiger charge is 2.37. The fourth-order valence-corrected chi connectivity index (χ4v) is 1.36. The van der Waals surface area contributed by atoms with Crippen LogP contribution in [0.2, 0.25) is 0 Å². The highest BCUT2D eigenvalue weighted by Crippen LogP contribution is 2.27. The molecule has 86 valence electrons. The molecule has 0 saturated heterocycles. The molecule has 1 atom stereocenters. The van der Waals surface area contributed by atoms with Gasteiger partial charge in [-0.25, -0.2) is 0 Å². The Morgan fingerprint density at radius 2 is 2.20 bits per heavy atom. The van der Waals surface area contributed by atoms with Crippen molar-refractivity contribution in [2.45, 2.75) is 18.6 Å². The van der Waals surface area contributed by atoms with Gasteiger partial charge in [0.2, 0.25) is 5.89 Å². The van der Waals surface area contributed by atoms with Crippen molar-refractivity contribution in [3.8, 4) is 0 Å². The minimum atomic E-state index is -4.58. The molecule has 0 aliphatic rings. The summed E-state index contributed by atoms with van der Waals surface area (Å²) in [7, 11) is 0. The molecular formula is C7H10F3N3OS. The number of thioether (sulfide) groups is 1. The molecule has 2 N–H and O–H groups in total. The minimum Gasteiger partial charge on any atom is -0.337 e. The molecule has 0 aliphatic heterocycles. The molecule has 0 amide bonds. The van der Waals surface area contributed by atoms with Gasteiger partial charge in [-0.05, 0) is 18.4 Å². The quantitative estimate of drug-likeness (QED) is 0.871. The Balaban J connectivity index is 2.67. The zero-order valence-electron chi connectivity index (χ0n) is 7.91. The molecule has 1 unspecified atom stereocenters. The second-order valence-corrected chi connectivity index (χ2v) is 3.83. The monoisotopic (exact) mass is 241 g/mol. The van der Waals surface area contributed by atoms with E-state index in [1.807, 2.05) is 6.26 Å².